The molecule has 8 heteroatoms. The number of furan rings is 1. The number of benzene rings is 1. The van der Waals surface area contributed by atoms with Crippen LogP contribution in [-0.4, -0.2) is 39.8 Å². The van der Waals surface area contributed by atoms with Gasteiger partial charge in [0.25, 0.3) is 0 Å². The SMILES string of the molecule is CCNC(=NCCCS(=O)(=O)Cc1ccccc1)NCCc1ccco1.I. The Morgan fingerprint density at radius 2 is 1.89 bits per heavy atom. The fourth-order valence-electron chi connectivity index (χ4n) is 2.48. The van der Waals surface area contributed by atoms with E-state index in [-0.39, 0.29) is 35.5 Å². The molecular formula is C19H28IN3O3S. The van der Waals surface area contributed by atoms with Crippen LogP contribution in [0.3, 0.4) is 0 Å². The Kier molecular flexibility index (Phi) is 11.1. The molecule has 2 aromatic rings. The van der Waals surface area contributed by atoms with Crippen molar-refractivity contribution in [3.63, 3.8) is 0 Å². The van der Waals surface area contributed by atoms with Gasteiger partial charge in [-0.15, -0.1) is 24.0 Å². The van der Waals surface area contributed by atoms with Crippen molar-refractivity contribution in [2.75, 3.05) is 25.4 Å². The lowest BCUT2D eigenvalue weighted by atomic mass is 10.2. The van der Waals surface area contributed by atoms with Crippen LogP contribution in [0, 0.1) is 0 Å². The summed E-state index contributed by atoms with van der Waals surface area (Å²) < 4.78 is 29.7. The first-order chi connectivity index (χ1) is 12.6. The standard InChI is InChI=1S/C19H27N3O3S.HI/c1-2-20-19(22-13-11-18-10-6-14-25-18)21-12-7-15-26(23,24)16-17-8-4-3-5-9-17;/h3-6,8-10,14H,2,7,11-13,15-16H2,1H3,(H2,20,21,22);1H. The smallest absolute Gasteiger partial charge is 0.191 e. The van der Waals surface area contributed by atoms with Gasteiger partial charge in [0.1, 0.15) is 5.76 Å². The number of halogens is 1. The fourth-order valence-corrected chi connectivity index (χ4v) is 3.89. The van der Waals surface area contributed by atoms with Gasteiger partial charge >= 0.3 is 0 Å². The Bertz CT molecular complexity index is 763. The average Bonchev–Trinajstić information content (AvgIpc) is 3.12. The second-order valence-electron chi connectivity index (χ2n) is 5.95. The summed E-state index contributed by atoms with van der Waals surface area (Å²) in [5.74, 6) is 1.83. The van der Waals surface area contributed by atoms with Gasteiger partial charge in [-0.05, 0) is 31.0 Å². The minimum atomic E-state index is -3.11. The lowest BCUT2D eigenvalue weighted by Gasteiger charge is -2.10. The Morgan fingerprint density at radius 3 is 2.56 bits per heavy atom. The zero-order chi connectivity index (χ0) is 18.7. The monoisotopic (exact) mass is 505 g/mol. The lowest BCUT2D eigenvalue weighted by molar-refractivity contribution is 0.507. The quantitative estimate of drug-likeness (QED) is 0.225. The van der Waals surface area contributed by atoms with Crippen LogP contribution < -0.4 is 10.6 Å². The Morgan fingerprint density at radius 1 is 1.11 bits per heavy atom. The number of nitrogens with zero attached hydrogens (tertiary/aromatic N) is 1. The van der Waals surface area contributed by atoms with Crippen molar-refractivity contribution in [1.82, 2.24) is 10.6 Å². The molecule has 1 heterocycles. The van der Waals surface area contributed by atoms with Gasteiger partial charge < -0.3 is 15.1 Å². The molecule has 27 heavy (non-hydrogen) atoms. The fraction of sp³-hybridized carbons (Fsp3) is 0.421. The van der Waals surface area contributed by atoms with Crippen molar-refractivity contribution in [1.29, 1.82) is 0 Å². The highest BCUT2D eigenvalue weighted by atomic mass is 127. The second kappa shape index (κ2) is 12.8. The molecule has 0 aliphatic carbocycles. The van der Waals surface area contributed by atoms with Crippen molar-refractivity contribution in [2.45, 2.75) is 25.5 Å². The van der Waals surface area contributed by atoms with Crippen LogP contribution in [0.1, 0.15) is 24.7 Å². The summed E-state index contributed by atoms with van der Waals surface area (Å²) in [4.78, 5) is 4.44. The van der Waals surface area contributed by atoms with Crippen LogP contribution in [0.2, 0.25) is 0 Å². The first kappa shape index (κ1) is 23.5. The van der Waals surface area contributed by atoms with Gasteiger partial charge in [0.05, 0.1) is 17.8 Å². The number of aliphatic imine (C=N–C) groups is 1. The molecule has 0 fully saturated rings. The first-order valence-corrected chi connectivity index (χ1v) is 10.7. The Hall–Kier alpha value is -1.55. The minimum Gasteiger partial charge on any atom is -0.469 e. The molecule has 0 aliphatic heterocycles. The molecule has 0 saturated carbocycles. The third-order valence-electron chi connectivity index (χ3n) is 3.70. The highest BCUT2D eigenvalue weighted by Gasteiger charge is 2.11. The summed E-state index contributed by atoms with van der Waals surface area (Å²) in [7, 11) is -3.11. The molecule has 0 amide bonds. The van der Waals surface area contributed by atoms with Crippen LogP contribution in [0.4, 0.5) is 0 Å². The van der Waals surface area contributed by atoms with Gasteiger partial charge in [-0.2, -0.15) is 0 Å². The molecule has 0 atom stereocenters. The third-order valence-corrected chi connectivity index (χ3v) is 5.38. The molecular weight excluding hydrogens is 477 g/mol. The van der Waals surface area contributed by atoms with E-state index in [0.29, 0.717) is 25.5 Å². The normalized spacial score (nSPS) is 11.7. The number of guanidine groups is 1. The molecule has 1 aromatic heterocycles. The number of hydrogen-bond acceptors (Lipinski definition) is 4. The van der Waals surface area contributed by atoms with E-state index in [1.165, 1.54) is 0 Å². The average molecular weight is 505 g/mol. The number of sulfone groups is 1. The summed E-state index contributed by atoms with van der Waals surface area (Å²) in [6.45, 7) is 3.91. The largest absolute Gasteiger partial charge is 0.469 e. The number of nitrogens with one attached hydrogen (secondary N) is 2. The van der Waals surface area contributed by atoms with Gasteiger partial charge in [-0.25, -0.2) is 8.42 Å². The van der Waals surface area contributed by atoms with Gasteiger partial charge in [-0.1, -0.05) is 30.3 Å². The summed E-state index contributed by atoms with van der Waals surface area (Å²) in [6.07, 6.45) is 2.93. The molecule has 0 bridgehead atoms. The van der Waals surface area contributed by atoms with E-state index in [1.54, 1.807) is 6.26 Å². The van der Waals surface area contributed by atoms with E-state index in [0.717, 1.165) is 24.3 Å². The van der Waals surface area contributed by atoms with Crippen molar-refractivity contribution >= 4 is 39.8 Å². The van der Waals surface area contributed by atoms with Gasteiger partial charge in [0, 0.05) is 26.1 Å². The molecule has 6 nitrogen and oxygen atoms in total. The van der Waals surface area contributed by atoms with Crippen molar-refractivity contribution < 1.29 is 12.8 Å². The molecule has 2 N–H and O–H groups in total. The summed E-state index contributed by atoms with van der Waals surface area (Å²) >= 11 is 0. The topological polar surface area (TPSA) is 83.7 Å². The summed E-state index contributed by atoms with van der Waals surface area (Å²) in [5.41, 5.74) is 0.823. The molecule has 1 aromatic carbocycles. The lowest BCUT2D eigenvalue weighted by Crippen LogP contribution is -2.38. The summed E-state index contributed by atoms with van der Waals surface area (Å²) in [6, 6.07) is 13.1. The van der Waals surface area contributed by atoms with Crippen molar-refractivity contribution in [3.8, 4) is 0 Å². The van der Waals surface area contributed by atoms with E-state index in [1.807, 2.05) is 49.4 Å². The van der Waals surface area contributed by atoms with Crippen LogP contribution in [0.25, 0.3) is 0 Å². The highest BCUT2D eigenvalue weighted by Crippen LogP contribution is 2.07. The Labute approximate surface area is 178 Å². The predicted octanol–water partition coefficient (Wildman–Crippen LogP) is 3.00. The molecule has 0 spiro atoms. The van der Waals surface area contributed by atoms with Crippen molar-refractivity contribution in [3.05, 3.63) is 60.1 Å². The highest BCUT2D eigenvalue weighted by molar-refractivity contribution is 14.0. The van der Waals surface area contributed by atoms with Crippen LogP contribution in [0.15, 0.2) is 58.1 Å². The third kappa shape index (κ3) is 9.81. The molecule has 2 rings (SSSR count). The first-order valence-electron chi connectivity index (χ1n) is 8.88. The van der Waals surface area contributed by atoms with Crippen LogP contribution >= 0.6 is 24.0 Å². The van der Waals surface area contributed by atoms with E-state index < -0.39 is 9.84 Å². The van der Waals surface area contributed by atoms with Gasteiger partial charge in [0.15, 0.2) is 15.8 Å². The van der Waals surface area contributed by atoms with Gasteiger partial charge in [0.2, 0.25) is 0 Å². The molecule has 0 aliphatic rings. The Balaban J connectivity index is 0.00000364. The molecule has 150 valence electrons. The van der Waals surface area contributed by atoms with Crippen molar-refractivity contribution in [2.24, 2.45) is 4.99 Å². The van der Waals surface area contributed by atoms with Crippen LogP contribution in [-0.2, 0) is 22.0 Å². The molecule has 0 saturated heterocycles. The maximum Gasteiger partial charge on any atom is 0.191 e. The predicted molar refractivity (Wildman–Crippen MR) is 120 cm³/mol. The molecule has 0 radical (unpaired) electrons. The second-order valence-corrected chi connectivity index (χ2v) is 8.13. The van der Waals surface area contributed by atoms with E-state index in [4.69, 9.17) is 4.42 Å². The number of hydrogen-bond donors (Lipinski definition) is 2. The number of rotatable bonds is 10. The maximum atomic E-state index is 12.2. The summed E-state index contributed by atoms with van der Waals surface area (Å²) in [5, 5.41) is 6.38. The zero-order valence-electron chi connectivity index (χ0n) is 15.6. The van der Waals surface area contributed by atoms with E-state index in [9.17, 15) is 8.42 Å². The zero-order valence-corrected chi connectivity index (χ0v) is 18.7. The van der Waals surface area contributed by atoms with E-state index in [2.05, 4.69) is 15.6 Å². The van der Waals surface area contributed by atoms with Gasteiger partial charge in [-0.3, -0.25) is 4.99 Å². The molecule has 0 unspecified atom stereocenters. The van der Waals surface area contributed by atoms with E-state index >= 15 is 0 Å². The minimum absolute atomic E-state index is 0. The van der Waals surface area contributed by atoms with Crippen LogP contribution in [0.5, 0.6) is 0 Å². The maximum absolute atomic E-state index is 12.2.